The van der Waals surface area contributed by atoms with Gasteiger partial charge in [-0.15, -0.1) is 0 Å². The standard InChI is InChI=1S/C35H44N4O9/c1-38(24-29-10-4-2-5-11-29,25-30-12-16-32(17-13-30)36(42)43)20-8-9-23-46-35(41)48-28-47-34(40)27-39(21-6-3-7-22-39)26-31-14-18-33(19-15-31)37(44)45/h2,4-5,10-19H,3,6-9,20-28H2,1H3/q+2. The molecular formula is C35H44N4O9+2. The van der Waals surface area contributed by atoms with Gasteiger partial charge in [-0.05, 0) is 56.4 Å². The molecule has 1 aliphatic rings. The molecule has 0 saturated carbocycles. The van der Waals surface area contributed by atoms with Crippen molar-refractivity contribution in [3.8, 4) is 0 Å². The van der Waals surface area contributed by atoms with Gasteiger partial charge >= 0.3 is 12.1 Å². The van der Waals surface area contributed by atoms with E-state index in [2.05, 4.69) is 19.2 Å². The maximum atomic E-state index is 12.7. The molecule has 3 aromatic carbocycles. The molecule has 4 rings (SSSR count). The van der Waals surface area contributed by atoms with Gasteiger partial charge in [-0.2, -0.15) is 0 Å². The Morgan fingerprint density at radius 3 is 1.88 bits per heavy atom. The van der Waals surface area contributed by atoms with E-state index in [1.54, 1.807) is 24.3 Å². The van der Waals surface area contributed by atoms with Crippen LogP contribution in [0, 0.1) is 20.2 Å². The van der Waals surface area contributed by atoms with Crippen molar-refractivity contribution >= 4 is 23.5 Å². The van der Waals surface area contributed by atoms with E-state index in [-0.39, 0.29) is 24.5 Å². The third kappa shape index (κ3) is 11.4. The van der Waals surface area contributed by atoms with Crippen LogP contribution < -0.4 is 0 Å². The Kier molecular flexibility index (Phi) is 13.0. The fourth-order valence-corrected chi connectivity index (χ4v) is 6.32. The van der Waals surface area contributed by atoms with E-state index in [4.69, 9.17) is 14.2 Å². The van der Waals surface area contributed by atoms with Gasteiger partial charge in [0, 0.05) is 41.0 Å². The highest BCUT2D eigenvalue weighted by atomic mass is 16.8. The molecular weight excluding hydrogens is 620 g/mol. The Morgan fingerprint density at radius 2 is 1.29 bits per heavy atom. The zero-order valence-corrected chi connectivity index (χ0v) is 27.4. The molecule has 13 nitrogen and oxygen atoms in total. The molecule has 48 heavy (non-hydrogen) atoms. The summed E-state index contributed by atoms with van der Waals surface area (Å²) in [5.41, 5.74) is 3.15. The number of hydrogen-bond donors (Lipinski definition) is 0. The van der Waals surface area contributed by atoms with Crippen LogP contribution in [0.2, 0.25) is 0 Å². The quantitative estimate of drug-likeness (QED) is 0.0406. The summed E-state index contributed by atoms with van der Waals surface area (Å²) in [6.07, 6.45) is 3.45. The highest BCUT2D eigenvalue weighted by molar-refractivity contribution is 5.70. The Hall–Kier alpha value is -4.88. The van der Waals surface area contributed by atoms with Crippen LogP contribution in [0.25, 0.3) is 0 Å². The molecule has 0 N–H and O–H groups in total. The van der Waals surface area contributed by atoms with Crippen LogP contribution in [0.5, 0.6) is 0 Å². The number of piperidine rings is 1. The second-order valence-corrected chi connectivity index (χ2v) is 12.7. The number of ether oxygens (including phenoxy) is 3. The molecule has 1 aliphatic heterocycles. The molecule has 1 fully saturated rings. The van der Waals surface area contributed by atoms with E-state index in [0.717, 1.165) is 63.0 Å². The van der Waals surface area contributed by atoms with Crippen LogP contribution in [-0.2, 0) is 38.6 Å². The molecule has 0 radical (unpaired) electrons. The monoisotopic (exact) mass is 664 g/mol. The van der Waals surface area contributed by atoms with E-state index in [0.29, 0.717) is 28.5 Å². The number of carbonyl (C=O) groups excluding carboxylic acids is 2. The number of hydrogen-bond acceptors (Lipinski definition) is 9. The summed E-state index contributed by atoms with van der Waals surface area (Å²) in [7, 11) is 2.14. The van der Waals surface area contributed by atoms with Gasteiger partial charge in [0.15, 0.2) is 6.54 Å². The first-order chi connectivity index (χ1) is 23.0. The second-order valence-electron chi connectivity index (χ2n) is 12.7. The number of nitro groups is 2. The van der Waals surface area contributed by atoms with Crippen LogP contribution >= 0.6 is 0 Å². The number of unbranched alkanes of at least 4 members (excludes halogenated alkanes) is 1. The van der Waals surface area contributed by atoms with Crippen molar-refractivity contribution in [2.45, 2.75) is 51.7 Å². The SMILES string of the molecule is C[N+](CCCCOC(=O)OCOC(=O)C[N+]1(Cc2ccc([N+](=O)[O-])cc2)CCCCC1)(Cc1ccccc1)Cc1ccc([N+](=O)[O-])cc1. The number of likely N-dealkylation sites (tertiary alicyclic amines) is 1. The zero-order valence-electron chi connectivity index (χ0n) is 27.4. The van der Waals surface area contributed by atoms with Gasteiger partial charge in [-0.1, -0.05) is 30.3 Å². The van der Waals surface area contributed by atoms with Crippen LogP contribution in [0.15, 0.2) is 78.9 Å². The van der Waals surface area contributed by atoms with Crippen molar-refractivity contribution in [2.24, 2.45) is 0 Å². The molecule has 0 amide bonds. The Morgan fingerprint density at radius 1 is 0.729 bits per heavy atom. The molecule has 1 saturated heterocycles. The van der Waals surface area contributed by atoms with E-state index in [1.165, 1.54) is 29.8 Å². The number of rotatable bonds is 17. The largest absolute Gasteiger partial charge is 0.511 e. The Labute approximate surface area is 280 Å². The van der Waals surface area contributed by atoms with E-state index < -0.39 is 28.8 Å². The molecule has 1 heterocycles. The fraction of sp³-hybridized carbons (Fsp3) is 0.429. The highest BCUT2D eigenvalue weighted by Gasteiger charge is 2.34. The fourth-order valence-electron chi connectivity index (χ4n) is 6.32. The summed E-state index contributed by atoms with van der Waals surface area (Å²) in [4.78, 5) is 46.1. The van der Waals surface area contributed by atoms with E-state index >= 15 is 0 Å². The number of non-ortho nitro benzene ring substituents is 2. The number of benzene rings is 3. The number of nitrogens with zero attached hydrogens (tertiary/aromatic N) is 4. The lowest BCUT2D eigenvalue weighted by atomic mass is 10.0. The third-order valence-electron chi connectivity index (χ3n) is 8.72. The van der Waals surface area contributed by atoms with Crippen molar-refractivity contribution in [2.75, 3.05) is 46.6 Å². The van der Waals surface area contributed by atoms with Crippen LogP contribution in [0.1, 0.15) is 48.8 Å². The summed E-state index contributed by atoms with van der Waals surface area (Å²) in [5.74, 6) is -0.491. The lowest BCUT2D eigenvalue weighted by Gasteiger charge is -2.40. The minimum Gasteiger partial charge on any atom is -0.434 e. The predicted octanol–water partition coefficient (Wildman–Crippen LogP) is 6.28. The maximum Gasteiger partial charge on any atom is 0.511 e. The van der Waals surface area contributed by atoms with Crippen molar-refractivity contribution in [1.82, 2.24) is 0 Å². The van der Waals surface area contributed by atoms with E-state index in [9.17, 15) is 29.8 Å². The molecule has 0 bridgehead atoms. The second kappa shape index (κ2) is 17.3. The normalized spacial score (nSPS) is 15.1. The zero-order chi connectivity index (χ0) is 34.4. The Balaban J connectivity index is 1.19. The van der Waals surface area contributed by atoms with Gasteiger partial charge in [0.25, 0.3) is 11.4 Å². The topological polar surface area (TPSA) is 148 Å². The summed E-state index contributed by atoms with van der Waals surface area (Å²) < 4.78 is 16.6. The van der Waals surface area contributed by atoms with Crippen LogP contribution in [0.4, 0.5) is 16.2 Å². The third-order valence-corrected chi connectivity index (χ3v) is 8.72. The summed E-state index contributed by atoms with van der Waals surface area (Å²) in [6, 6.07) is 23.1. The minimum absolute atomic E-state index is 0.0211. The molecule has 1 unspecified atom stereocenters. The van der Waals surface area contributed by atoms with Crippen molar-refractivity contribution in [1.29, 1.82) is 0 Å². The molecule has 0 aliphatic carbocycles. The van der Waals surface area contributed by atoms with Gasteiger partial charge in [-0.3, -0.25) is 20.2 Å². The first-order valence-electron chi connectivity index (χ1n) is 16.2. The van der Waals surface area contributed by atoms with Gasteiger partial charge in [0.1, 0.15) is 19.6 Å². The first-order valence-corrected chi connectivity index (χ1v) is 16.2. The van der Waals surface area contributed by atoms with Crippen LogP contribution in [-0.4, -0.2) is 77.6 Å². The lowest BCUT2D eigenvalue weighted by molar-refractivity contribution is -0.938. The smallest absolute Gasteiger partial charge is 0.434 e. The maximum absolute atomic E-state index is 12.7. The number of nitro benzene ring substituents is 2. The van der Waals surface area contributed by atoms with Gasteiger partial charge in [-0.25, -0.2) is 9.59 Å². The van der Waals surface area contributed by atoms with Gasteiger partial charge in [0.05, 0.1) is 43.1 Å². The summed E-state index contributed by atoms with van der Waals surface area (Å²) in [6.45, 7) is 4.04. The van der Waals surface area contributed by atoms with Gasteiger partial charge in [0.2, 0.25) is 6.79 Å². The predicted molar refractivity (Wildman–Crippen MR) is 176 cm³/mol. The number of esters is 1. The van der Waals surface area contributed by atoms with Crippen molar-refractivity contribution in [3.63, 3.8) is 0 Å². The van der Waals surface area contributed by atoms with E-state index in [1.807, 2.05) is 18.2 Å². The number of quaternary nitrogens is 2. The molecule has 0 spiro atoms. The molecule has 3 aromatic rings. The molecule has 13 heteroatoms. The summed E-state index contributed by atoms with van der Waals surface area (Å²) in [5, 5.41) is 22.1. The minimum atomic E-state index is -0.914. The highest BCUT2D eigenvalue weighted by Crippen LogP contribution is 2.25. The van der Waals surface area contributed by atoms with Crippen molar-refractivity contribution in [3.05, 3.63) is 116 Å². The summed E-state index contributed by atoms with van der Waals surface area (Å²) >= 11 is 0. The van der Waals surface area contributed by atoms with Gasteiger partial charge < -0.3 is 23.2 Å². The van der Waals surface area contributed by atoms with Crippen molar-refractivity contribution < 1.29 is 42.6 Å². The van der Waals surface area contributed by atoms with Crippen LogP contribution in [0.3, 0.4) is 0 Å². The molecule has 0 aromatic heterocycles. The number of carbonyl (C=O) groups is 2. The Bertz CT molecular complexity index is 1510. The first kappa shape index (κ1) is 36.0. The lowest BCUT2D eigenvalue weighted by Crippen LogP contribution is -2.53. The average molecular weight is 665 g/mol. The average Bonchev–Trinajstić information content (AvgIpc) is 3.06. The molecule has 1 atom stereocenters. The molecule has 256 valence electrons.